The van der Waals surface area contributed by atoms with Crippen LogP contribution in [0.25, 0.3) is 0 Å². The number of benzene rings is 1. The van der Waals surface area contributed by atoms with Crippen LogP contribution in [0.3, 0.4) is 0 Å². The Balaban J connectivity index is 2.96. The second-order valence-electron chi connectivity index (χ2n) is 2.58. The number of rotatable bonds is 3. The fourth-order valence-corrected chi connectivity index (χ4v) is 0.953. The third-order valence-electron chi connectivity index (χ3n) is 1.58. The van der Waals surface area contributed by atoms with Gasteiger partial charge in [-0.25, -0.2) is 4.39 Å². The number of halogens is 2. The predicted octanol–water partition coefficient (Wildman–Crippen LogP) is 1.64. The summed E-state index contributed by atoms with van der Waals surface area (Å²) in [6, 6.07) is 2.46. The molecule has 1 aromatic rings. The average molecular weight is 188 g/mol. The Morgan fingerprint density at radius 1 is 1.38 bits per heavy atom. The van der Waals surface area contributed by atoms with E-state index in [0.29, 0.717) is 5.56 Å². The molecular formula is C9H10F2O2. The summed E-state index contributed by atoms with van der Waals surface area (Å²) in [6.07, 6.45) is 0. The second-order valence-corrected chi connectivity index (χ2v) is 2.58. The largest absolute Gasteiger partial charge is 0.488 e. The van der Waals surface area contributed by atoms with E-state index in [0.717, 1.165) is 6.07 Å². The summed E-state index contributed by atoms with van der Waals surface area (Å²) in [6.45, 7) is 1.34. The maximum Gasteiger partial charge on any atom is 0.200 e. The van der Waals surface area contributed by atoms with E-state index in [2.05, 4.69) is 0 Å². The summed E-state index contributed by atoms with van der Waals surface area (Å²) in [5, 5.41) is 8.44. The third-order valence-corrected chi connectivity index (χ3v) is 1.58. The third kappa shape index (κ3) is 2.15. The molecule has 0 aliphatic heterocycles. The molecule has 13 heavy (non-hydrogen) atoms. The minimum Gasteiger partial charge on any atom is -0.488 e. The molecule has 2 nitrogen and oxygen atoms in total. The van der Waals surface area contributed by atoms with Crippen LogP contribution in [0.2, 0.25) is 0 Å². The fraction of sp³-hybridized carbons (Fsp3) is 0.333. The van der Waals surface area contributed by atoms with Crippen LogP contribution in [-0.4, -0.2) is 18.3 Å². The van der Waals surface area contributed by atoms with E-state index in [9.17, 15) is 8.78 Å². The zero-order chi connectivity index (χ0) is 9.84. The molecule has 1 rings (SSSR count). The molecule has 0 aliphatic rings. The smallest absolute Gasteiger partial charge is 0.200 e. The minimum atomic E-state index is -1.01. The topological polar surface area (TPSA) is 29.5 Å². The quantitative estimate of drug-likeness (QED) is 0.781. The molecule has 72 valence electrons. The van der Waals surface area contributed by atoms with Gasteiger partial charge in [0.25, 0.3) is 0 Å². The highest BCUT2D eigenvalue weighted by Crippen LogP contribution is 2.23. The van der Waals surface area contributed by atoms with E-state index >= 15 is 0 Å². The molecule has 0 atom stereocenters. The van der Waals surface area contributed by atoms with Crippen molar-refractivity contribution in [1.29, 1.82) is 0 Å². The lowest BCUT2D eigenvalue weighted by atomic mass is 10.2. The number of aliphatic hydroxyl groups is 1. The number of hydrogen-bond donors (Lipinski definition) is 1. The Hall–Kier alpha value is -1.16. The number of aliphatic hydroxyl groups excluding tert-OH is 1. The van der Waals surface area contributed by atoms with Gasteiger partial charge in [0.05, 0.1) is 6.61 Å². The first kappa shape index (κ1) is 9.92. The van der Waals surface area contributed by atoms with Crippen molar-refractivity contribution in [2.45, 2.75) is 6.92 Å². The summed E-state index contributed by atoms with van der Waals surface area (Å²) in [4.78, 5) is 0. The van der Waals surface area contributed by atoms with Crippen molar-refractivity contribution in [3.63, 3.8) is 0 Å². The second kappa shape index (κ2) is 4.18. The van der Waals surface area contributed by atoms with Gasteiger partial charge in [0.1, 0.15) is 6.61 Å². The molecule has 0 saturated carbocycles. The molecule has 4 heteroatoms. The lowest BCUT2D eigenvalue weighted by molar-refractivity contribution is 0.194. The Kier molecular flexibility index (Phi) is 3.19. The van der Waals surface area contributed by atoms with Crippen LogP contribution in [0.4, 0.5) is 8.78 Å². The maximum atomic E-state index is 13.0. The van der Waals surface area contributed by atoms with Crippen molar-refractivity contribution in [3.8, 4) is 5.75 Å². The standard InChI is InChI=1S/C9H10F2O2/c1-6-2-3-7(10)8(11)9(6)13-5-4-12/h2-3,12H,4-5H2,1H3. The summed E-state index contributed by atoms with van der Waals surface area (Å²) in [5.41, 5.74) is 0.507. The van der Waals surface area contributed by atoms with E-state index in [1.807, 2.05) is 0 Å². The number of hydrogen-bond acceptors (Lipinski definition) is 2. The molecule has 0 fully saturated rings. The Morgan fingerprint density at radius 3 is 2.69 bits per heavy atom. The number of aryl methyl sites for hydroxylation is 1. The monoisotopic (exact) mass is 188 g/mol. The molecular weight excluding hydrogens is 178 g/mol. The lowest BCUT2D eigenvalue weighted by Crippen LogP contribution is -2.05. The summed E-state index contributed by atoms with van der Waals surface area (Å²) in [7, 11) is 0. The molecule has 0 spiro atoms. The van der Waals surface area contributed by atoms with Crippen molar-refractivity contribution in [2.75, 3.05) is 13.2 Å². The molecule has 0 aromatic heterocycles. The highest BCUT2D eigenvalue weighted by molar-refractivity contribution is 5.34. The van der Waals surface area contributed by atoms with Crippen LogP contribution >= 0.6 is 0 Å². The van der Waals surface area contributed by atoms with Gasteiger partial charge in [0, 0.05) is 0 Å². The van der Waals surface area contributed by atoms with Crippen LogP contribution in [0, 0.1) is 18.6 Å². The fourth-order valence-electron chi connectivity index (χ4n) is 0.953. The lowest BCUT2D eigenvalue weighted by Gasteiger charge is -2.08. The van der Waals surface area contributed by atoms with Gasteiger partial charge in [-0.2, -0.15) is 4.39 Å². The van der Waals surface area contributed by atoms with Gasteiger partial charge in [-0.15, -0.1) is 0 Å². The van der Waals surface area contributed by atoms with Crippen LogP contribution < -0.4 is 4.74 Å². The van der Waals surface area contributed by atoms with Crippen molar-refractivity contribution >= 4 is 0 Å². The molecule has 0 unspecified atom stereocenters. The van der Waals surface area contributed by atoms with Crippen LogP contribution in [-0.2, 0) is 0 Å². The van der Waals surface area contributed by atoms with Crippen LogP contribution in [0.15, 0.2) is 12.1 Å². The summed E-state index contributed by atoms with van der Waals surface area (Å²) < 4.78 is 30.5. The van der Waals surface area contributed by atoms with Gasteiger partial charge >= 0.3 is 0 Å². The maximum absolute atomic E-state index is 13.0. The Labute approximate surface area is 74.8 Å². The van der Waals surface area contributed by atoms with Crippen molar-refractivity contribution in [2.24, 2.45) is 0 Å². The Morgan fingerprint density at radius 2 is 2.08 bits per heavy atom. The highest BCUT2D eigenvalue weighted by atomic mass is 19.2. The zero-order valence-corrected chi connectivity index (χ0v) is 7.18. The van der Waals surface area contributed by atoms with E-state index in [1.54, 1.807) is 6.92 Å². The molecule has 1 aromatic carbocycles. The molecule has 0 heterocycles. The highest BCUT2D eigenvalue weighted by Gasteiger charge is 2.11. The molecule has 0 aliphatic carbocycles. The van der Waals surface area contributed by atoms with Crippen molar-refractivity contribution < 1.29 is 18.6 Å². The van der Waals surface area contributed by atoms with E-state index in [-0.39, 0.29) is 19.0 Å². The first-order chi connectivity index (χ1) is 6.16. The van der Waals surface area contributed by atoms with Crippen molar-refractivity contribution in [1.82, 2.24) is 0 Å². The molecule has 1 N–H and O–H groups in total. The minimum absolute atomic E-state index is 0.0405. The van der Waals surface area contributed by atoms with Gasteiger partial charge in [-0.3, -0.25) is 0 Å². The average Bonchev–Trinajstić information content (AvgIpc) is 2.12. The first-order valence-corrected chi connectivity index (χ1v) is 3.85. The molecule has 0 saturated heterocycles. The molecule has 0 radical (unpaired) electrons. The number of ether oxygens (including phenoxy) is 1. The normalized spacial score (nSPS) is 10.2. The Bertz CT molecular complexity index is 300. The van der Waals surface area contributed by atoms with E-state index in [4.69, 9.17) is 9.84 Å². The van der Waals surface area contributed by atoms with Gasteiger partial charge in [-0.05, 0) is 18.6 Å². The van der Waals surface area contributed by atoms with Gasteiger partial charge in [0.15, 0.2) is 11.6 Å². The van der Waals surface area contributed by atoms with E-state index < -0.39 is 11.6 Å². The van der Waals surface area contributed by atoms with Crippen molar-refractivity contribution in [3.05, 3.63) is 29.3 Å². The molecule has 0 amide bonds. The van der Waals surface area contributed by atoms with Gasteiger partial charge < -0.3 is 9.84 Å². The van der Waals surface area contributed by atoms with E-state index in [1.165, 1.54) is 6.07 Å². The molecule has 0 bridgehead atoms. The van der Waals surface area contributed by atoms with Gasteiger partial charge in [0.2, 0.25) is 5.82 Å². The zero-order valence-electron chi connectivity index (χ0n) is 7.18. The summed E-state index contributed by atoms with van der Waals surface area (Å²) in [5.74, 6) is -2.08. The predicted molar refractivity (Wildman–Crippen MR) is 43.7 cm³/mol. The summed E-state index contributed by atoms with van der Waals surface area (Å²) >= 11 is 0. The first-order valence-electron chi connectivity index (χ1n) is 3.85. The van der Waals surface area contributed by atoms with Crippen LogP contribution in [0.5, 0.6) is 5.75 Å². The SMILES string of the molecule is Cc1ccc(F)c(F)c1OCCO. The van der Waals surface area contributed by atoms with Gasteiger partial charge in [-0.1, -0.05) is 6.07 Å². The van der Waals surface area contributed by atoms with Crippen LogP contribution in [0.1, 0.15) is 5.56 Å².